The summed E-state index contributed by atoms with van der Waals surface area (Å²) in [7, 11) is 1.70. The first-order valence-corrected chi connectivity index (χ1v) is 12.5. The minimum atomic E-state index is 0.0952. The monoisotopic (exact) mass is 459 g/mol. The van der Waals surface area contributed by atoms with Gasteiger partial charge in [-0.15, -0.1) is 0 Å². The van der Waals surface area contributed by atoms with Gasteiger partial charge >= 0.3 is 0 Å². The quantitative estimate of drug-likeness (QED) is 0.390. The van der Waals surface area contributed by atoms with Crippen molar-refractivity contribution in [2.24, 2.45) is 0 Å². The van der Waals surface area contributed by atoms with Crippen LogP contribution in [0.1, 0.15) is 59.9 Å². The van der Waals surface area contributed by atoms with Crippen molar-refractivity contribution in [1.82, 2.24) is 0 Å². The van der Waals surface area contributed by atoms with Crippen LogP contribution in [0, 0.1) is 0 Å². The molecule has 0 spiro atoms. The number of phenols is 1. The van der Waals surface area contributed by atoms with E-state index in [2.05, 4.69) is 54.3 Å². The summed E-state index contributed by atoms with van der Waals surface area (Å²) in [5.41, 5.74) is 7.62. The Kier molecular flexibility index (Phi) is 8.12. The van der Waals surface area contributed by atoms with Crippen LogP contribution in [-0.4, -0.2) is 30.5 Å². The van der Waals surface area contributed by atoms with Crippen LogP contribution in [-0.2, 0) is 25.8 Å². The fourth-order valence-corrected chi connectivity index (χ4v) is 5.09. The van der Waals surface area contributed by atoms with Gasteiger partial charge in [-0.1, -0.05) is 49.7 Å². The highest BCUT2D eigenvalue weighted by atomic mass is 16.5. The molecule has 4 heteroatoms. The van der Waals surface area contributed by atoms with Crippen LogP contribution in [0.25, 0.3) is 0 Å². The lowest BCUT2D eigenvalue weighted by molar-refractivity contribution is 0.301. The number of aliphatic hydroxyl groups excluding tert-OH is 1. The molecule has 0 radical (unpaired) electrons. The van der Waals surface area contributed by atoms with Gasteiger partial charge in [0, 0.05) is 24.8 Å². The van der Waals surface area contributed by atoms with Gasteiger partial charge in [-0.2, -0.15) is 0 Å². The van der Waals surface area contributed by atoms with E-state index in [0.717, 1.165) is 43.7 Å². The topological polar surface area (TPSA) is 52.9 Å². The lowest BCUT2D eigenvalue weighted by Gasteiger charge is -2.32. The Bertz CT molecular complexity index is 1080. The smallest absolute Gasteiger partial charge is 0.120 e. The predicted octanol–water partition coefficient (Wildman–Crippen LogP) is 6.01. The van der Waals surface area contributed by atoms with Crippen LogP contribution in [0.2, 0.25) is 0 Å². The average molecular weight is 460 g/mol. The Morgan fingerprint density at radius 3 is 2.50 bits per heavy atom. The molecule has 0 unspecified atom stereocenters. The van der Waals surface area contributed by atoms with Gasteiger partial charge in [0.15, 0.2) is 0 Å². The third kappa shape index (κ3) is 5.74. The van der Waals surface area contributed by atoms with E-state index in [0.29, 0.717) is 18.2 Å². The van der Waals surface area contributed by atoms with Crippen LogP contribution in [0.15, 0.2) is 60.7 Å². The maximum absolute atomic E-state index is 9.90. The molecule has 0 bridgehead atoms. The van der Waals surface area contributed by atoms with Gasteiger partial charge in [0.2, 0.25) is 0 Å². The molecule has 0 aromatic heterocycles. The number of benzene rings is 3. The minimum absolute atomic E-state index is 0.0952. The third-order valence-corrected chi connectivity index (χ3v) is 7.02. The molecule has 1 aliphatic carbocycles. The van der Waals surface area contributed by atoms with E-state index in [-0.39, 0.29) is 6.61 Å². The fourth-order valence-electron chi connectivity index (χ4n) is 5.09. The van der Waals surface area contributed by atoms with E-state index >= 15 is 0 Å². The molecule has 3 aromatic rings. The number of nitrogens with zero attached hydrogens (tertiary/aromatic N) is 1. The Morgan fingerprint density at radius 2 is 1.76 bits per heavy atom. The lowest BCUT2D eigenvalue weighted by Crippen LogP contribution is -2.28. The maximum Gasteiger partial charge on any atom is 0.120 e. The molecule has 0 heterocycles. The number of hydrogen-bond acceptors (Lipinski definition) is 4. The number of fused-ring (bicyclic) bond motifs is 1. The van der Waals surface area contributed by atoms with Crippen molar-refractivity contribution in [2.45, 2.75) is 57.9 Å². The second-order valence-electron chi connectivity index (χ2n) is 9.38. The average Bonchev–Trinajstić information content (AvgIpc) is 2.87. The fraction of sp³-hybridized carbons (Fsp3) is 0.400. The summed E-state index contributed by atoms with van der Waals surface area (Å²) in [6.07, 6.45) is 6.49. The number of anilines is 1. The zero-order valence-corrected chi connectivity index (χ0v) is 20.5. The van der Waals surface area contributed by atoms with Crippen molar-refractivity contribution in [3.05, 3.63) is 88.5 Å². The van der Waals surface area contributed by atoms with Gasteiger partial charge in [0.1, 0.15) is 11.5 Å². The van der Waals surface area contributed by atoms with Gasteiger partial charge in [-0.05, 0) is 84.0 Å². The van der Waals surface area contributed by atoms with E-state index in [1.54, 1.807) is 13.2 Å². The van der Waals surface area contributed by atoms with Crippen molar-refractivity contribution in [2.75, 3.05) is 25.2 Å². The van der Waals surface area contributed by atoms with Crippen molar-refractivity contribution < 1.29 is 14.9 Å². The first kappa shape index (κ1) is 24.2. The van der Waals surface area contributed by atoms with Crippen molar-refractivity contribution >= 4 is 5.69 Å². The van der Waals surface area contributed by atoms with Gasteiger partial charge in [0.05, 0.1) is 13.7 Å². The summed E-state index contributed by atoms with van der Waals surface area (Å²) < 4.78 is 5.58. The van der Waals surface area contributed by atoms with Crippen molar-refractivity contribution in [3.63, 3.8) is 0 Å². The van der Waals surface area contributed by atoms with Gasteiger partial charge in [-0.3, -0.25) is 0 Å². The van der Waals surface area contributed by atoms with E-state index in [4.69, 9.17) is 4.74 Å². The molecule has 0 amide bonds. The SMILES string of the molecule is CCCCc1ccc(CN(CCO)c2cc(OC)ccc2[C@@H]2CCc3cc(O)ccc3C2)cc1. The molecule has 3 aromatic carbocycles. The number of unbranched alkanes of at least 4 members (excludes halogenated alkanes) is 1. The summed E-state index contributed by atoms with van der Waals surface area (Å²) in [5, 5.41) is 19.8. The molecule has 4 rings (SSSR count). The number of rotatable bonds is 10. The lowest BCUT2D eigenvalue weighted by atomic mass is 9.79. The Balaban J connectivity index is 1.62. The number of aryl methyl sites for hydroxylation is 2. The third-order valence-electron chi connectivity index (χ3n) is 7.02. The summed E-state index contributed by atoms with van der Waals surface area (Å²) in [6.45, 7) is 3.63. The highest BCUT2D eigenvalue weighted by molar-refractivity contribution is 5.60. The molecule has 0 saturated carbocycles. The van der Waals surface area contributed by atoms with E-state index < -0.39 is 0 Å². The first-order valence-electron chi connectivity index (χ1n) is 12.5. The number of ether oxygens (including phenoxy) is 1. The van der Waals surface area contributed by atoms with Crippen LogP contribution in [0.3, 0.4) is 0 Å². The Labute approximate surface area is 203 Å². The number of aromatic hydroxyl groups is 1. The summed E-state index contributed by atoms with van der Waals surface area (Å²) in [6, 6.07) is 21.0. The van der Waals surface area contributed by atoms with Crippen LogP contribution >= 0.6 is 0 Å². The Hall–Kier alpha value is -2.98. The van der Waals surface area contributed by atoms with Crippen molar-refractivity contribution in [1.29, 1.82) is 0 Å². The number of hydrogen-bond donors (Lipinski definition) is 2. The molecule has 0 aliphatic heterocycles. The summed E-state index contributed by atoms with van der Waals surface area (Å²) >= 11 is 0. The highest BCUT2D eigenvalue weighted by Crippen LogP contribution is 2.40. The molecular formula is C30H37NO3. The number of aliphatic hydroxyl groups is 1. The second-order valence-corrected chi connectivity index (χ2v) is 9.38. The summed E-state index contributed by atoms with van der Waals surface area (Å²) in [5.74, 6) is 1.56. The zero-order valence-electron chi connectivity index (χ0n) is 20.5. The predicted molar refractivity (Wildman–Crippen MR) is 139 cm³/mol. The normalized spacial score (nSPS) is 15.1. The van der Waals surface area contributed by atoms with E-state index in [1.165, 1.54) is 40.7 Å². The summed E-state index contributed by atoms with van der Waals surface area (Å²) in [4.78, 5) is 2.28. The molecular weight excluding hydrogens is 422 g/mol. The molecule has 4 nitrogen and oxygen atoms in total. The maximum atomic E-state index is 9.90. The van der Waals surface area contributed by atoms with Gasteiger partial charge in [0.25, 0.3) is 0 Å². The largest absolute Gasteiger partial charge is 0.508 e. The molecule has 180 valence electrons. The highest BCUT2D eigenvalue weighted by Gasteiger charge is 2.25. The number of phenolic OH excluding ortho intramolecular Hbond substituents is 1. The first-order chi connectivity index (χ1) is 16.6. The second kappa shape index (κ2) is 11.4. The standard InChI is InChI=1S/C30H37NO3/c1-3-4-5-22-6-8-23(9-7-22)21-31(16-17-32)30-20-28(34-2)14-15-29(30)26-11-10-25-19-27(33)13-12-24(25)18-26/h6-9,12-15,19-20,26,32-33H,3-5,10-11,16-18,21H2,1-2H3/t26-/m1/s1. The van der Waals surface area contributed by atoms with Crippen LogP contribution in [0.4, 0.5) is 5.69 Å². The molecule has 1 atom stereocenters. The zero-order chi connectivity index (χ0) is 23.9. The van der Waals surface area contributed by atoms with Crippen molar-refractivity contribution in [3.8, 4) is 11.5 Å². The molecule has 2 N–H and O–H groups in total. The van der Waals surface area contributed by atoms with Gasteiger partial charge in [-0.25, -0.2) is 0 Å². The van der Waals surface area contributed by atoms with E-state index in [1.807, 2.05) is 12.1 Å². The molecule has 0 saturated heterocycles. The number of methoxy groups -OCH3 is 1. The van der Waals surface area contributed by atoms with Crippen LogP contribution < -0.4 is 9.64 Å². The molecule has 34 heavy (non-hydrogen) atoms. The van der Waals surface area contributed by atoms with Gasteiger partial charge < -0.3 is 19.8 Å². The van der Waals surface area contributed by atoms with Crippen LogP contribution in [0.5, 0.6) is 11.5 Å². The Morgan fingerprint density at radius 1 is 0.971 bits per heavy atom. The molecule has 1 aliphatic rings. The minimum Gasteiger partial charge on any atom is -0.508 e. The van der Waals surface area contributed by atoms with E-state index in [9.17, 15) is 10.2 Å². The molecule has 0 fully saturated rings.